The van der Waals surface area contributed by atoms with Crippen LogP contribution < -0.4 is 0 Å². The average Bonchev–Trinajstić information content (AvgIpc) is 2.47. The summed E-state index contributed by atoms with van der Waals surface area (Å²) in [4.78, 5) is 2.39. The van der Waals surface area contributed by atoms with Crippen LogP contribution in [0.5, 0.6) is 0 Å². The van der Waals surface area contributed by atoms with E-state index in [0.717, 1.165) is 6.54 Å². The molecule has 2 aromatic carbocycles. The van der Waals surface area contributed by atoms with Crippen molar-refractivity contribution >= 4 is 6.08 Å². The van der Waals surface area contributed by atoms with Crippen molar-refractivity contribution in [2.45, 2.75) is 13.0 Å². The van der Waals surface area contributed by atoms with Crippen LogP contribution >= 0.6 is 0 Å². The van der Waals surface area contributed by atoms with Crippen LogP contribution in [-0.4, -0.2) is 11.4 Å². The van der Waals surface area contributed by atoms with Crippen molar-refractivity contribution in [3.8, 4) is 0 Å². The Morgan fingerprint density at radius 1 is 0.944 bits per heavy atom. The molecule has 18 heavy (non-hydrogen) atoms. The lowest BCUT2D eigenvalue weighted by molar-refractivity contribution is 0.331. The largest absolute Gasteiger partial charge is 0.367 e. The minimum absolute atomic E-state index is 0.345. The van der Waals surface area contributed by atoms with Crippen LogP contribution in [0.4, 0.5) is 0 Å². The first kappa shape index (κ1) is 11.1. The number of hydrogen-bond acceptors (Lipinski definition) is 1. The van der Waals surface area contributed by atoms with E-state index < -0.39 is 0 Å². The number of rotatable bonds is 2. The summed E-state index contributed by atoms with van der Waals surface area (Å²) >= 11 is 0. The van der Waals surface area contributed by atoms with Crippen molar-refractivity contribution in [1.82, 2.24) is 4.90 Å². The standard InChI is InChI=1S/C17H17N/c1-2-18-13-12-14-8-6-7-11-16(14)17(18)15-9-4-3-5-10-15/h3-13,17H,2H2,1H3. The van der Waals surface area contributed by atoms with Gasteiger partial charge in [0, 0.05) is 12.7 Å². The molecule has 1 aliphatic heterocycles. The summed E-state index contributed by atoms with van der Waals surface area (Å²) in [5.41, 5.74) is 4.08. The molecule has 0 radical (unpaired) electrons. The minimum atomic E-state index is 0.345. The highest BCUT2D eigenvalue weighted by Crippen LogP contribution is 2.34. The SMILES string of the molecule is CCN1C=Cc2ccccc2C1c1ccccc1. The molecule has 1 unspecified atom stereocenters. The first-order valence-corrected chi connectivity index (χ1v) is 6.48. The second kappa shape index (κ2) is 4.69. The van der Waals surface area contributed by atoms with Crippen molar-refractivity contribution in [3.05, 3.63) is 77.5 Å². The van der Waals surface area contributed by atoms with Gasteiger partial charge in [-0.25, -0.2) is 0 Å². The van der Waals surface area contributed by atoms with E-state index in [1.807, 2.05) is 0 Å². The summed E-state index contributed by atoms with van der Waals surface area (Å²) in [5, 5.41) is 0. The van der Waals surface area contributed by atoms with Crippen LogP contribution in [0.2, 0.25) is 0 Å². The quantitative estimate of drug-likeness (QED) is 0.758. The molecule has 90 valence electrons. The zero-order valence-corrected chi connectivity index (χ0v) is 10.6. The lowest BCUT2D eigenvalue weighted by Crippen LogP contribution is -2.27. The van der Waals surface area contributed by atoms with Crippen molar-refractivity contribution in [2.75, 3.05) is 6.54 Å². The Kier molecular flexibility index (Phi) is 2.89. The molecule has 1 heterocycles. The van der Waals surface area contributed by atoms with E-state index in [1.165, 1.54) is 16.7 Å². The molecule has 0 spiro atoms. The second-order valence-corrected chi connectivity index (χ2v) is 4.59. The summed E-state index contributed by atoms with van der Waals surface area (Å²) in [6.45, 7) is 3.22. The monoisotopic (exact) mass is 235 g/mol. The van der Waals surface area contributed by atoms with E-state index in [9.17, 15) is 0 Å². The van der Waals surface area contributed by atoms with Gasteiger partial charge in [-0.05, 0) is 29.7 Å². The molecule has 1 atom stereocenters. The van der Waals surface area contributed by atoms with E-state index in [-0.39, 0.29) is 0 Å². The zero-order valence-electron chi connectivity index (χ0n) is 10.6. The van der Waals surface area contributed by atoms with Crippen LogP contribution in [0, 0.1) is 0 Å². The van der Waals surface area contributed by atoms with Crippen LogP contribution in [0.1, 0.15) is 29.7 Å². The molecule has 0 fully saturated rings. The van der Waals surface area contributed by atoms with Crippen LogP contribution in [0.3, 0.4) is 0 Å². The van der Waals surface area contributed by atoms with Gasteiger partial charge in [0.25, 0.3) is 0 Å². The van der Waals surface area contributed by atoms with E-state index in [2.05, 4.69) is 78.7 Å². The first-order chi connectivity index (χ1) is 8.90. The smallest absolute Gasteiger partial charge is 0.0796 e. The highest BCUT2D eigenvalue weighted by atomic mass is 15.1. The number of fused-ring (bicyclic) bond motifs is 1. The van der Waals surface area contributed by atoms with Gasteiger partial charge in [-0.3, -0.25) is 0 Å². The molecular formula is C17H17N. The van der Waals surface area contributed by atoms with Gasteiger partial charge in [0.15, 0.2) is 0 Å². The van der Waals surface area contributed by atoms with E-state index >= 15 is 0 Å². The van der Waals surface area contributed by atoms with Gasteiger partial charge >= 0.3 is 0 Å². The van der Waals surface area contributed by atoms with Crippen molar-refractivity contribution in [2.24, 2.45) is 0 Å². The molecule has 0 saturated carbocycles. The van der Waals surface area contributed by atoms with Crippen molar-refractivity contribution in [3.63, 3.8) is 0 Å². The van der Waals surface area contributed by atoms with Crippen molar-refractivity contribution < 1.29 is 0 Å². The van der Waals surface area contributed by atoms with Gasteiger partial charge in [0.05, 0.1) is 6.04 Å². The summed E-state index contributed by atoms with van der Waals surface area (Å²) < 4.78 is 0. The fraction of sp³-hybridized carbons (Fsp3) is 0.176. The van der Waals surface area contributed by atoms with Crippen LogP contribution in [0.25, 0.3) is 6.08 Å². The topological polar surface area (TPSA) is 3.24 Å². The Bertz CT molecular complexity index is 557. The third kappa shape index (κ3) is 1.82. The van der Waals surface area contributed by atoms with Crippen LogP contribution in [-0.2, 0) is 0 Å². The Morgan fingerprint density at radius 3 is 2.44 bits per heavy atom. The molecular weight excluding hydrogens is 218 g/mol. The Balaban J connectivity index is 2.12. The maximum atomic E-state index is 2.39. The Morgan fingerprint density at radius 2 is 1.67 bits per heavy atom. The van der Waals surface area contributed by atoms with E-state index in [0.29, 0.717) is 6.04 Å². The lowest BCUT2D eigenvalue weighted by Gasteiger charge is -2.34. The number of benzene rings is 2. The summed E-state index contributed by atoms with van der Waals surface area (Å²) in [5.74, 6) is 0. The van der Waals surface area contributed by atoms with Crippen molar-refractivity contribution in [1.29, 1.82) is 0 Å². The molecule has 2 aromatic rings. The highest BCUT2D eigenvalue weighted by molar-refractivity contribution is 5.58. The predicted octanol–water partition coefficient (Wildman–Crippen LogP) is 4.08. The fourth-order valence-electron chi connectivity index (χ4n) is 2.65. The third-order valence-electron chi connectivity index (χ3n) is 3.55. The fourth-order valence-corrected chi connectivity index (χ4v) is 2.65. The normalized spacial score (nSPS) is 17.6. The van der Waals surface area contributed by atoms with Gasteiger partial charge in [-0.2, -0.15) is 0 Å². The number of nitrogens with zero attached hydrogens (tertiary/aromatic N) is 1. The van der Waals surface area contributed by atoms with Crippen LogP contribution in [0.15, 0.2) is 60.8 Å². The van der Waals surface area contributed by atoms with Gasteiger partial charge in [0.2, 0.25) is 0 Å². The van der Waals surface area contributed by atoms with E-state index in [1.54, 1.807) is 0 Å². The molecule has 0 aromatic heterocycles. The lowest BCUT2D eigenvalue weighted by atomic mass is 9.91. The van der Waals surface area contributed by atoms with Gasteiger partial charge in [-0.1, -0.05) is 54.6 Å². The molecule has 3 rings (SSSR count). The molecule has 1 heteroatoms. The highest BCUT2D eigenvalue weighted by Gasteiger charge is 2.23. The molecule has 0 saturated heterocycles. The molecule has 0 aliphatic carbocycles. The predicted molar refractivity (Wildman–Crippen MR) is 76.1 cm³/mol. The van der Waals surface area contributed by atoms with Gasteiger partial charge in [0.1, 0.15) is 0 Å². The third-order valence-corrected chi connectivity index (χ3v) is 3.55. The average molecular weight is 235 g/mol. The maximum Gasteiger partial charge on any atom is 0.0796 e. The molecule has 1 nitrogen and oxygen atoms in total. The summed E-state index contributed by atoms with van der Waals surface area (Å²) in [6.07, 6.45) is 4.41. The minimum Gasteiger partial charge on any atom is -0.367 e. The number of hydrogen-bond donors (Lipinski definition) is 0. The van der Waals surface area contributed by atoms with Gasteiger partial charge < -0.3 is 4.90 Å². The Labute approximate surface area is 108 Å². The zero-order chi connectivity index (χ0) is 12.4. The maximum absolute atomic E-state index is 2.39. The van der Waals surface area contributed by atoms with Gasteiger partial charge in [-0.15, -0.1) is 0 Å². The molecule has 0 N–H and O–H groups in total. The summed E-state index contributed by atoms with van der Waals surface area (Å²) in [7, 11) is 0. The molecule has 0 bridgehead atoms. The molecule has 0 amide bonds. The van der Waals surface area contributed by atoms with E-state index in [4.69, 9.17) is 0 Å². The Hall–Kier alpha value is -2.02. The summed E-state index contributed by atoms with van der Waals surface area (Å²) in [6, 6.07) is 19.7. The molecule has 1 aliphatic rings. The first-order valence-electron chi connectivity index (χ1n) is 6.48. The second-order valence-electron chi connectivity index (χ2n) is 4.59.